The van der Waals surface area contributed by atoms with Gasteiger partial charge in [0.15, 0.2) is 0 Å². The molecule has 0 saturated heterocycles. The van der Waals surface area contributed by atoms with Crippen LogP contribution < -0.4 is 5.32 Å². The van der Waals surface area contributed by atoms with Crippen molar-refractivity contribution in [2.75, 3.05) is 13.6 Å². The number of benzene rings is 1. The molecule has 0 radical (unpaired) electrons. The minimum atomic E-state index is -4.82. The van der Waals surface area contributed by atoms with Gasteiger partial charge in [-0.3, -0.25) is 4.79 Å². The topological polar surface area (TPSA) is 49.3 Å². The van der Waals surface area contributed by atoms with Crippen LogP contribution in [0.25, 0.3) is 0 Å². The van der Waals surface area contributed by atoms with Gasteiger partial charge in [0, 0.05) is 12.5 Å². The molecule has 0 spiro atoms. The van der Waals surface area contributed by atoms with Gasteiger partial charge in [0.1, 0.15) is 5.75 Å². The highest BCUT2D eigenvalue weighted by Gasteiger charge is 2.42. The predicted molar refractivity (Wildman–Crippen MR) is 60.3 cm³/mol. The van der Waals surface area contributed by atoms with E-state index in [1.165, 1.54) is 31.3 Å². The fraction of sp³-hybridized carbons (Fsp3) is 0.417. The van der Waals surface area contributed by atoms with E-state index < -0.39 is 17.9 Å². The third-order valence-corrected chi connectivity index (χ3v) is 2.52. The first kappa shape index (κ1) is 14.5. The molecular weight excluding hydrogens is 247 g/mol. The molecule has 0 bridgehead atoms. The van der Waals surface area contributed by atoms with Crippen molar-refractivity contribution in [1.82, 2.24) is 5.32 Å². The molecule has 1 rings (SSSR count). The summed E-state index contributed by atoms with van der Waals surface area (Å²) in [6, 6.07) is 5.76. The van der Waals surface area contributed by atoms with Gasteiger partial charge in [0.2, 0.25) is 5.78 Å². The monoisotopic (exact) mass is 261 g/mol. The molecule has 3 nitrogen and oxygen atoms in total. The predicted octanol–water partition coefficient (Wildman–Crippen LogP) is 1.90. The molecule has 0 aliphatic carbocycles. The Morgan fingerprint density at radius 2 is 1.89 bits per heavy atom. The van der Waals surface area contributed by atoms with Crippen molar-refractivity contribution in [2.45, 2.75) is 12.6 Å². The molecule has 0 fully saturated rings. The van der Waals surface area contributed by atoms with Crippen molar-refractivity contribution in [3.63, 3.8) is 0 Å². The molecule has 18 heavy (non-hydrogen) atoms. The lowest BCUT2D eigenvalue weighted by molar-refractivity contribution is -0.175. The highest BCUT2D eigenvalue weighted by atomic mass is 19.4. The van der Waals surface area contributed by atoms with Gasteiger partial charge in [-0.05, 0) is 31.2 Å². The summed E-state index contributed by atoms with van der Waals surface area (Å²) in [5.41, 5.74) is 0.575. The average molecular weight is 261 g/mol. The molecule has 0 aliphatic heterocycles. The first-order valence-corrected chi connectivity index (χ1v) is 5.38. The molecule has 6 heteroatoms. The van der Waals surface area contributed by atoms with Gasteiger partial charge in [0.25, 0.3) is 0 Å². The maximum Gasteiger partial charge on any atom is 0.450 e. The van der Waals surface area contributed by atoms with E-state index in [4.69, 9.17) is 5.11 Å². The van der Waals surface area contributed by atoms with Crippen LogP contribution in [0.15, 0.2) is 24.3 Å². The van der Waals surface area contributed by atoms with E-state index in [0.29, 0.717) is 5.56 Å². The van der Waals surface area contributed by atoms with Gasteiger partial charge in [-0.2, -0.15) is 13.2 Å². The van der Waals surface area contributed by atoms with Crippen molar-refractivity contribution in [2.24, 2.45) is 5.92 Å². The molecule has 0 aliphatic rings. The Bertz CT molecular complexity index is 401. The molecule has 0 saturated carbocycles. The highest BCUT2D eigenvalue weighted by molar-refractivity contribution is 5.86. The third kappa shape index (κ3) is 4.03. The van der Waals surface area contributed by atoms with Gasteiger partial charge in [-0.1, -0.05) is 12.1 Å². The lowest BCUT2D eigenvalue weighted by atomic mass is 9.94. The van der Waals surface area contributed by atoms with Crippen molar-refractivity contribution in [3.05, 3.63) is 29.8 Å². The van der Waals surface area contributed by atoms with E-state index in [0.717, 1.165) is 0 Å². The molecule has 0 aromatic heterocycles. The number of phenolic OH excluding ortho intramolecular Hbond substituents is 1. The summed E-state index contributed by atoms with van der Waals surface area (Å²) in [4.78, 5) is 11.2. The van der Waals surface area contributed by atoms with Crippen LogP contribution in [0.5, 0.6) is 5.75 Å². The van der Waals surface area contributed by atoms with E-state index in [-0.39, 0.29) is 18.7 Å². The second-order valence-corrected chi connectivity index (χ2v) is 3.99. The summed E-state index contributed by atoms with van der Waals surface area (Å²) < 4.78 is 37.1. The molecule has 0 amide bonds. The van der Waals surface area contributed by atoms with Gasteiger partial charge < -0.3 is 10.4 Å². The van der Waals surface area contributed by atoms with Crippen LogP contribution in [0.3, 0.4) is 0 Å². The largest absolute Gasteiger partial charge is 0.508 e. The lowest BCUT2D eigenvalue weighted by Gasteiger charge is -2.17. The number of rotatable bonds is 5. The van der Waals surface area contributed by atoms with Crippen LogP contribution in [-0.4, -0.2) is 30.7 Å². The molecule has 1 aromatic carbocycles. The normalized spacial score (nSPS) is 13.3. The van der Waals surface area contributed by atoms with Crippen LogP contribution in [0.2, 0.25) is 0 Å². The Balaban J connectivity index is 2.80. The fourth-order valence-corrected chi connectivity index (χ4v) is 1.65. The average Bonchev–Trinajstić information content (AvgIpc) is 2.29. The number of aromatic hydroxyl groups is 1. The molecular formula is C12H14F3NO2. The van der Waals surface area contributed by atoms with Crippen LogP contribution in [0, 0.1) is 5.92 Å². The van der Waals surface area contributed by atoms with Crippen LogP contribution in [0.4, 0.5) is 13.2 Å². The summed E-state index contributed by atoms with van der Waals surface area (Å²) in [6.07, 6.45) is -4.84. The van der Waals surface area contributed by atoms with Crippen molar-refractivity contribution >= 4 is 5.78 Å². The Kier molecular flexibility index (Phi) is 4.72. The minimum absolute atomic E-state index is 0.0144. The van der Waals surface area contributed by atoms with Crippen molar-refractivity contribution < 1.29 is 23.1 Å². The zero-order chi connectivity index (χ0) is 13.8. The molecule has 0 heterocycles. The summed E-state index contributed by atoms with van der Waals surface area (Å²) in [5, 5.41) is 11.7. The molecule has 1 atom stereocenters. The maximum absolute atomic E-state index is 12.4. The first-order valence-electron chi connectivity index (χ1n) is 5.38. The van der Waals surface area contributed by atoms with Gasteiger partial charge >= 0.3 is 6.18 Å². The van der Waals surface area contributed by atoms with Crippen LogP contribution in [0.1, 0.15) is 5.56 Å². The lowest BCUT2D eigenvalue weighted by Crippen LogP contribution is -2.37. The molecule has 1 aromatic rings. The number of nitrogens with one attached hydrogen (secondary N) is 1. The number of ketones is 1. The zero-order valence-electron chi connectivity index (χ0n) is 9.79. The maximum atomic E-state index is 12.4. The number of hydrogen-bond acceptors (Lipinski definition) is 3. The van der Waals surface area contributed by atoms with Crippen molar-refractivity contribution in [3.8, 4) is 5.75 Å². The van der Waals surface area contributed by atoms with Crippen LogP contribution >= 0.6 is 0 Å². The number of halogens is 3. The molecule has 1 unspecified atom stereocenters. The number of Topliss-reactive ketones (excluding diaryl/α,β-unsaturated/α-hetero) is 1. The van der Waals surface area contributed by atoms with E-state index in [1.807, 2.05) is 0 Å². The minimum Gasteiger partial charge on any atom is -0.508 e. The van der Waals surface area contributed by atoms with Gasteiger partial charge in [-0.25, -0.2) is 0 Å². The van der Waals surface area contributed by atoms with E-state index in [2.05, 4.69) is 5.32 Å². The smallest absolute Gasteiger partial charge is 0.450 e. The Hall–Kier alpha value is -1.56. The van der Waals surface area contributed by atoms with Gasteiger partial charge in [0.05, 0.1) is 0 Å². The van der Waals surface area contributed by atoms with E-state index in [1.54, 1.807) is 0 Å². The summed E-state index contributed by atoms with van der Waals surface area (Å²) in [6.45, 7) is -0.0424. The number of alkyl halides is 3. The zero-order valence-corrected chi connectivity index (χ0v) is 9.79. The highest BCUT2D eigenvalue weighted by Crippen LogP contribution is 2.23. The van der Waals surface area contributed by atoms with E-state index in [9.17, 15) is 18.0 Å². The molecule has 2 N–H and O–H groups in total. The van der Waals surface area contributed by atoms with Gasteiger partial charge in [-0.15, -0.1) is 0 Å². The quantitative estimate of drug-likeness (QED) is 0.851. The second-order valence-electron chi connectivity index (χ2n) is 3.99. The second kappa shape index (κ2) is 5.86. The summed E-state index contributed by atoms with van der Waals surface area (Å²) >= 11 is 0. The molecule has 100 valence electrons. The first-order chi connectivity index (χ1) is 8.34. The third-order valence-electron chi connectivity index (χ3n) is 2.52. The Labute approximate surface area is 103 Å². The SMILES string of the molecule is CNCC(Cc1ccc(O)cc1)C(=O)C(F)(F)F. The number of carbonyl (C=O) groups is 1. The summed E-state index contributed by atoms with van der Waals surface area (Å²) in [7, 11) is 1.49. The standard InChI is InChI=1S/C12H14F3NO2/c1-16-7-9(11(18)12(13,14)15)6-8-2-4-10(17)5-3-8/h2-5,9,16-17H,6-7H2,1H3. The van der Waals surface area contributed by atoms with Crippen LogP contribution in [-0.2, 0) is 11.2 Å². The Morgan fingerprint density at radius 1 is 1.33 bits per heavy atom. The Morgan fingerprint density at radius 3 is 2.33 bits per heavy atom. The fourth-order valence-electron chi connectivity index (χ4n) is 1.65. The number of hydrogen-bond donors (Lipinski definition) is 2. The summed E-state index contributed by atoms with van der Waals surface area (Å²) in [5.74, 6) is -2.85. The van der Waals surface area contributed by atoms with E-state index >= 15 is 0 Å². The number of carbonyl (C=O) groups excluding carboxylic acids is 1. The van der Waals surface area contributed by atoms with Crippen molar-refractivity contribution in [1.29, 1.82) is 0 Å². The number of phenols is 1.